The van der Waals surface area contributed by atoms with Gasteiger partial charge in [0.05, 0.1) is 24.9 Å². The quantitative estimate of drug-likeness (QED) is 0.664. The van der Waals surface area contributed by atoms with Crippen LogP contribution in [0, 0.1) is 0 Å². The molecule has 0 fully saturated rings. The van der Waals surface area contributed by atoms with Crippen LogP contribution in [0.25, 0.3) is 10.9 Å². The van der Waals surface area contributed by atoms with Gasteiger partial charge in [-0.1, -0.05) is 18.2 Å². The summed E-state index contributed by atoms with van der Waals surface area (Å²) in [6, 6.07) is 7.95. The lowest BCUT2D eigenvalue weighted by molar-refractivity contribution is 0.0586. The third-order valence-corrected chi connectivity index (χ3v) is 3.05. The minimum atomic E-state index is -0.547. The number of ether oxygens (including phenoxy) is 1. The van der Waals surface area contributed by atoms with Crippen molar-refractivity contribution in [2.75, 3.05) is 7.11 Å². The van der Waals surface area contributed by atoms with E-state index in [0.717, 1.165) is 16.6 Å². The molecule has 2 aromatic heterocycles. The molecule has 3 rings (SSSR count). The van der Waals surface area contributed by atoms with Crippen molar-refractivity contribution in [3.05, 3.63) is 42.1 Å². The second-order valence-electron chi connectivity index (χ2n) is 4.34. The van der Waals surface area contributed by atoms with Gasteiger partial charge >= 0.3 is 5.97 Å². The molecule has 102 valence electrons. The van der Waals surface area contributed by atoms with Gasteiger partial charge in [0.15, 0.2) is 0 Å². The SMILES string of the molecule is COC(=O)c1ncn(Cc2nn(C)c3ccccc23)n1. The number of hydrogen-bond donors (Lipinski definition) is 0. The van der Waals surface area contributed by atoms with Crippen LogP contribution in [0.5, 0.6) is 0 Å². The lowest BCUT2D eigenvalue weighted by Crippen LogP contribution is -2.07. The van der Waals surface area contributed by atoms with E-state index in [-0.39, 0.29) is 5.82 Å². The van der Waals surface area contributed by atoms with E-state index >= 15 is 0 Å². The predicted octanol–water partition coefficient (Wildman–Crippen LogP) is 1.000. The van der Waals surface area contributed by atoms with Crippen molar-refractivity contribution in [1.82, 2.24) is 24.5 Å². The molecule has 0 amide bonds. The zero-order chi connectivity index (χ0) is 14.1. The van der Waals surface area contributed by atoms with E-state index in [4.69, 9.17) is 0 Å². The van der Waals surface area contributed by atoms with E-state index in [9.17, 15) is 4.79 Å². The number of rotatable bonds is 3. The maximum Gasteiger partial charge on any atom is 0.377 e. The molecule has 3 aromatic rings. The minimum absolute atomic E-state index is 0.0488. The molecule has 0 saturated carbocycles. The molecule has 2 heterocycles. The highest BCUT2D eigenvalue weighted by molar-refractivity contribution is 5.84. The van der Waals surface area contributed by atoms with Gasteiger partial charge in [-0.25, -0.2) is 14.5 Å². The summed E-state index contributed by atoms with van der Waals surface area (Å²) in [7, 11) is 3.20. The second kappa shape index (κ2) is 4.76. The molecule has 0 unspecified atom stereocenters. The van der Waals surface area contributed by atoms with Gasteiger partial charge in [-0.05, 0) is 6.07 Å². The Morgan fingerprint density at radius 1 is 1.30 bits per heavy atom. The zero-order valence-electron chi connectivity index (χ0n) is 11.1. The first-order valence-electron chi connectivity index (χ1n) is 6.07. The van der Waals surface area contributed by atoms with Gasteiger partial charge in [0.1, 0.15) is 6.33 Å². The normalized spacial score (nSPS) is 10.9. The average molecular weight is 271 g/mol. The van der Waals surface area contributed by atoms with Crippen LogP contribution in [0.4, 0.5) is 0 Å². The topological polar surface area (TPSA) is 74.8 Å². The number of esters is 1. The van der Waals surface area contributed by atoms with Gasteiger partial charge < -0.3 is 4.74 Å². The van der Waals surface area contributed by atoms with Gasteiger partial charge in [-0.15, -0.1) is 5.10 Å². The smallest absolute Gasteiger partial charge is 0.377 e. The Kier molecular flexibility index (Phi) is 2.94. The van der Waals surface area contributed by atoms with Gasteiger partial charge in [-0.2, -0.15) is 5.10 Å². The Morgan fingerprint density at radius 2 is 2.10 bits per heavy atom. The summed E-state index contributed by atoms with van der Waals surface area (Å²) in [5, 5.41) is 9.61. The third kappa shape index (κ3) is 2.03. The number of carbonyl (C=O) groups is 1. The van der Waals surface area contributed by atoms with Crippen LogP contribution in [-0.2, 0) is 18.3 Å². The third-order valence-electron chi connectivity index (χ3n) is 3.05. The van der Waals surface area contributed by atoms with Crippen molar-refractivity contribution in [2.24, 2.45) is 7.05 Å². The van der Waals surface area contributed by atoms with Crippen LogP contribution in [0.2, 0.25) is 0 Å². The number of methoxy groups -OCH3 is 1. The van der Waals surface area contributed by atoms with Gasteiger partial charge in [-0.3, -0.25) is 4.68 Å². The minimum Gasteiger partial charge on any atom is -0.463 e. The lowest BCUT2D eigenvalue weighted by Gasteiger charge is -1.97. The molecule has 7 heteroatoms. The molecule has 0 radical (unpaired) electrons. The van der Waals surface area contributed by atoms with Crippen molar-refractivity contribution in [3.63, 3.8) is 0 Å². The molecule has 0 atom stereocenters. The molecule has 20 heavy (non-hydrogen) atoms. The summed E-state index contributed by atoms with van der Waals surface area (Å²) in [6.45, 7) is 0.450. The Morgan fingerprint density at radius 3 is 2.90 bits per heavy atom. The molecule has 0 aliphatic carbocycles. The highest BCUT2D eigenvalue weighted by Crippen LogP contribution is 2.17. The summed E-state index contributed by atoms with van der Waals surface area (Å²) in [4.78, 5) is 15.2. The summed E-state index contributed by atoms with van der Waals surface area (Å²) in [6.07, 6.45) is 1.50. The number of aromatic nitrogens is 5. The Hall–Kier alpha value is -2.70. The fourth-order valence-corrected chi connectivity index (χ4v) is 2.11. The molecule has 0 saturated heterocycles. The molecule has 0 N–H and O–H groups in total. The molecular weight excluding hydrogens is 258 g/mol. The fourth-order valence-electron chi connectivity index (χ4n) is 2.11. The summed E-state index contributed by atoms with van der Waals surface area (Å²) in [5.74, 6) is -0.498. The largest absolute Gasteiger partial charge is 0.463 e. The van der Waals surface area contributed by atoms with Gasteiger partial charge in [0.2, 0.25) is 0 Å². The van der Waals surface area contributed by atoms with Crippen molar-refractivity contribution < 1.29 is 9.53 Å². The molecule has 0 aliphatic rings. The zero-order valence-corrected chi connectivity index (χ0v) is 11.1. The van der Waals surface area contributed by atoms with Crippen LogP contribution in [-0.4, -0.2) is 37.6 Å². The first-order valence-corrected chi connectivity index (χ1v) is 6.07. The summed E-state index contributed by atoms with van der Waals surface area (Å²) >= 11 is 0. The predicted molar refractivity (Wildman–Crippen MR) is 71.2 cm³/mol. The molecular formula is C13H13N5O2. The lowest BCUT2D eigenvalue weighted by atomic mass is 10.2. The van der Waals surface area contributed by atoms with E-state index in [0.29, 0.717) is 6.54 Å². The Bertz CT molecular complexity index is 774. The number of fused-ring (bicyclic) bond motifs is 1. The monoisotopic (exact) mass is 271 g/mol. The number of benzene rings is 1. The maximum atomic E-state index is 11.3. The highest BCUT2D eigenvalue weighted by atomic mass is 16.5. The van der Waals surface area contributed by atoms with Crippen molar-refractivity contribution in [2.45, 2.75) is 6.54 Å². The molecule has 0 bridgehead atoms. The number of hydrogen-bond acceptors (Lipinski definition) is 5. The second-order valence-corrected chi connectivity index (χ2v) is 4.34. The van der Waals surface area contributed by atoms with Crippen LogP contribution < -0.4 is 0 Å². The molecule has 0 spiro atoms. The number of carbonyl (C=O) groups excluding carboxylic acids is 1. The van der Waals surface area contributed by atoms with Gasteiger partial charge in [0, 0.05) is 12.4 Å². The van der Waals surface area contributed by atoms with Crippen molar-refractivity contribution in [1.29, 1.82) is 0 Å². The first kappa shape index (κ1) is 12.3. The first-order chi connectivity index (χ1) is 9.69. The molecule has 1 aromatic carbocycles. The van der Waals surface area contributed by atoms with E-state index in [1.165, 1.54) is 13.4 Å². The van der Waals surface area contributed by atoms with Crippen molar-refractivity contribution >= 4 is 16.9 Å². The summed E-state index contributed by atoms with van der Waals surface area (Å²) in [5.41, 5.74) is 1.93. The highest BCUT2D eigenvalue weighted by Gasteiger charge is 2.13. The molecule has 0 aliphatic heterocycles. The number of para-hydroxylation sites is 1. The average Bonchev–Trinajstić information content (AvgIpc) is 3.05. The summed E-state index contributed by atoms with van der Waals surface area (Å²) < 4.78 is 7.97. The standard InChI is InChI=1S/C13H13N5O2/c1-17-11-6-4-3-5-9(11)10(15-17)7-18-8-14-12(16-18)13(19)20-2/h3-6,8H,7H2,1-2H3. The van der Waals surface area contributed by atoms with E-state index in [1.807, 2.05) is 36.0 Å². The maximum absolute atomic E-state index is 11.3. The van der Waals surface area contributed by atoms with Crippen LogP contribution in [0.3, 0.4) is 0 Å². The van der Waals surface area contributed by atoms with E-state index in [2.05, 4.69) is 19.9 Å². The van der Waals surface area contributed by atoms with Crippen LogP contribution >= 0.6 is 0 Å². The van der Waals surface area contributed by atoms with Crippen LogP contribution in [0.1, 0.15) is 16.3 Å². The fraction of sp³-hybridized carbons (Fsp3) is 0.231. The number of nitrogens with zero attached hydrogens (tertiary/aromatic N) is 5. The van der Waals surface area contributed by atoms with Gasteiger partial charge in [0.25, 0.3) is 5.82 Å². The van der Waals surface area contributed by atoms with Crippen molar-refractivity contribution in [3.8, 4) is 0 Å². The Balaban J connectivity index is 1.93. The Labute approximate surface area is 114 Å². The van der Waals surface area contributed by atoms with Crippen LogP contribution in [0.15, 0.2) is 30.6 Å². The van der Waals surface area contributed by atoms with E-state index < -0.39 is 5.97 Å². The molecule has 7 nitrogen and oxygen atoms in total. The number of aryl methyl sites for hydroxylation is 1. The van der Waals surface area contributed by atoms with E-state index in [1.54, 1.807) is 4.68 Å².